The fourth-order valence-electron chi connectivity index (χ4n) is 2.35. The Morgan fingerprint density at radius 1 is 1.00 bits per heavy atom. The highest BCUT2D eigenvalue weighted by atomic mass is 35.5. The number of hydrogen-bond acceptors (Lipinski definition) is 4. The Kier molecular flexibility index (Phi) is 6.68. The lowest BCUT2D eigenvalue weighted by molar-refractivity contribution is -0.177. The first-order chi connectivity index (χ1) is 12.2. The maximum absolute atomic E-state index is 12.3. The Balaban J connectivity index is 2.16. The first kappa shape index (κ1) is 20.3. The molecule has 138 valence electrons. The molecule has 0 fully saturated rings. The average molecular weight is 395 g/mol. The molecule has 2 rings (SSSR count). The van der Waals surface area contributed by atoms with E-state index in [0.717, 1.165) is 11.1 Å². The number of esters is 2. The van der Waals surface area contributed by atoms with Crippen molar-refractivity contribution in [3.8, 4) is 11.1 Å². The molecule has 2 aromatic carbocycles. The molecule has 0 saturated carbocycles. The molecule has 6 heteroatoms. The van der Waals surface area contributed by atoms with Crippen LogP contribution >= 0.6 is 23.2 Å². The van der Waals surface area contributed by atoms with Crippen molar-refractivity contribution in [2.24, 2.45) is 0 Å². The second-order valence-electron chi connectivity index (χ2n) is 6.19. The summed E-state index contributed by atoms with van der Waals surface area (Å²) >= 11 is 12.1. The van der Waals surface area contributed by atoms with E-state index in [0.29, 0.717) is 15.6 Å². The lowest BCUT2D eigenvalue weighted by atomic mass is 10.0. The van der Waals surface area contributed by atoms with Crippen LogP contribution in [0.4, 0.5) is 0 Å². The molecule has 0 unspecified atom stereocenters. The number of rotatable bonds is 6. The van der Waals surface area contributed by atoms with Crippen LogP contribution in [0.15, 0.2) is 42.5 Å². The van der Waals surface area contributed by atoms with E-state index < -0.39 is 17.5 Å². The summed E-state index contributed by atoms with van der Waals surface area (Å²) in [5, 5.41) is 1.10. The summed E-state index contributed by atoms with van der Waals surface area (Å²) in [6, 6.07) is 12.8. The summed E-state index contributed by atoms with van der Waals surface area (Å²) in [6.07, 6.45) is -0.0525. The summed E-state index contributed by atoms with van der Waals surface area (Å²) in [5.41, 5.74) is 1.11. The van der Waals surface area contributed by atoms with Crippen molar-refractivity contribution >= 4 is 35.1 Å². The SMILES string of the molecule is CCOC(=O)C(C)(C)OC(=O)Cc1cc(-c2ccc(Cl)cc2)ccc1Cl. The lowest BCUT2D eigenvalue weighted by Crippen LogP contribution is -2.39. The fraction of sp³-hybridized carbons (Fsp3) is 0.300. The Morgan fingerprint density at radius 2 is 1.62 bits per heavy atom. The van der Waals surface area contributed by atoms with Crippen LogP contribution in [-0.2, 0) is 25.5 Å². The monoisotopic (exact) mass is 394 g/mol. The van der Waals surface area contributed by atoms with Crippen molar-refractivity contribution in [3.63, 3.8) is 0 Å². The van der Waals surface area contributed by atoms with Gasteiger partial charge in [0.2, 0.25) is 5.60 Å². The molecule has 0 atom stereocenters. The standard InChI is InChI=1S/C20H20Cl2O4/c1-4-25-19(24)20(2,3)26-18(23)12-15-11-14(7-10-17(15)22)13-5-8-16(21)9-6-13/h5-11H,4,12H2,1-3H3. The van der Waals surface area contributed by atoms with E-state index in [9.17, 15) is 9.59 Å². The van der Waals surface area contributed by atoms with E-state index in [1.807, 2.05) is 24.3 Å². The maximum atomic E-state index is 12.3. The molecule has 2 aromatic rings. The summed E-state index contributed by atoms with van der Waals surface area (Å²) in [7, 11) is 0. The van der Waals surface area contributed by atoms with Crippen molar-refractivity contribution in [2.45, 2.75) is 32.8 Å². The van der Waals surface area contributed by atoms with Gasteiger partial charge in [-0.2, -0.15) is 0 Å². The minimum atomic E-state index is -1.35. The molecular weight excluding hydrogens is 375 g/mol. The zero-order valence-electron chi connectivity index (χ0n) is 14.8. The molecule has 0 N–H and O–H groups in total. The molecule has 0 heterocycles. The lowest BCUT2D eigenvalue weighted by Gasteiger charge is -2.22. The summed E-state index contributed by atoms with van der Waals surface area (Å²) in [4.78, 5) is 24.1. The Bertz CT molecular complexity index is 798. The largest absolute Gasteiger partial charge is 0.463 e. The van der Waals surface area contributed by atoms with E-state index in [-0.39, 0.29) is 13.0 Å². The molecule has 26 heavy (non-hydrogen) atoms. The van der Waals surface area contributed by atoms with Crippen molar-refractivity contribution in [2.75, 3.05) is 6.61 Å². The molecule has 0 aliphatic carbocycles. The molecule has 0 bridgehead atoms. The van der Waals surface area contributed by atoms with E-state index >= 15 is 0 Å². The molecule has 0 saturated heterocycles. The summed E-state index contributed by atoms with van der Waals surface area (Å²) in [6.45, 7) is 4.90. The molecular formula is C20H20Cl2O4. The number of carbonyl (C=O) groups is 2. The molecule has 0 aromatic heterocycles. The number of ether oxygens (including phenoxy) is 2. The van der Waals surface area contributed by atoms with Gasteiger partial charge in [0.1, 0.15) is 0 Å². The second-order valence-corrected chi connectivity index (χ2v) is 7.04. The smallest absolute Gasteiger partial charge is 0.349 e. The van der Waals surface area contributed by atoms with Crippen molar-refractivity contribution in [1.29, 1.82) is 0 Å². The van der Waals surface area contributed by atoms with Crippen LogP contribution in [0.3, 0.4) is 0 Å². The van der Waals surface area contributed by atoms with Gasteiger partial charge >= 0.3 is 11.9 Å². The highest BCUT2D eigenvalue weighted by Crippen LogP contribution is 2.27. The summed E-state index contributed by atoms with van der Waals surface area (Å²) < 4.78 is 10.2. The predicted octanol–water partition coefficient (Wildman–Crippen LogP) is 5.09. The van der Waals surface area contributed by atoms with E-state index in [1.165, 1.54) is 13.8 Å². The third kappa shape index (κ3) is 5.23. The zero-order valence-corrected chi connectivity index (χ0v) is 16.4. The summed E-state index contributed by atoms with van der Waals surface area (Å²) in [5.74, 6) is -1.15. The van der Waals surface area contributed by atoms with Gasteiger partial charge in [0.25, 0.3) is 0 Å². The van der Waals surface area contributed by atoms with E-state index in [4.69, 9.17) is 32.7 Å². The first-order valence-electron chi connectivity index (χ1n) is 8.16. The molecule has 0 aliphatic rings. The molecule has 0 amide bonds. The van der Waals surface area contributed by atoms with E-state index in [1.54, 1.807) is 25.1 Å². The third-order valence-electron chi connectivity index (χ3n) is 3.69. The van der Waals surface area contributed by atoms with Gasteiger partial charge in [-0.1, -0.05) is 41.4 Å². The Hall–Kier alpha value is -2.04. The van der Waals surface area contributed by atoms with E-state index in [2.05, 4.69) is 0 Å². The number of benzene rings is 2. The fourth-order valence-corrected chi connectivity index (χ4v) is 2.67. The van der Waals surface area contributed by atoms with Gasteiger partial charge in [-0.25, -0.2) is 4.79 Å². The van der Waals surface area contributed by atoms with Crippen molar-refractivity contribution in [1.82, 2.24) is 0 Å². The van der Waals surface area contributed by atoms with Crippen LogP contribution in [0.1, 0.15) is 26.3 Å². The van der Waals surface area contributed by atoms with Gasteiger partial charge in [-0.15, -0.1) is 0 Å². The van der Waals surface area contributed by atoms with Gasteiger partial charge < -0.3 is 9.47 Å². The van der Waals surface area contributed by atoms with Gasteiger partial charge in [-0.3, -0.25) is 4.79 Å². The third-order valence-corrected chi connectivity index (χ3v) is 4.31. The second kappa shape index (κ2) is 8.56. The van der Waals surface area contributed by atoms with Crippen LogP contribution in [0.2, 0.25) is 10.0 Å². The van der Waals surface area contributed by atoms with Crippen LogP contribution in [-0.4, -0.2) is 24.1 Å². The van der Waals surface area contributed by atoms with Crippen LogP contribution in [0, 0.1) is 0 Å². The Labute approximate surface area is 163 Å². The van der Waals surface area contributed by atoms with Gasteiger partial charge in [0, 0.05) is 10.0 Å². The number of hydrogen-bond donors (Lipinski definition) is 0. The predicted molar refractivity (Wildman–Crippen MR) is 102 cm³/mol. The molecule has 0 aliphatic heterocycles. The highest BCUT2D eigenvalue weighted by molar-refractivity contribution is 6.31. The van der Waals surface area contributed by atoms with Crippen LogP contribution in [0.5, 0.6) is 0 Å². The van der Waals surface area contributed by atoms with Gasteiger partial charge in [-0.05, 0) is 61.7 Å². The molecule has 4 nitrogen and oxygen atoms in total. The zero-order chi connectivity index (χ0) is 19.3. The molecule has 0 spiro atoms. The number of carbonyl (C=O) groups excluding carboxylic acids is 2. The van der Waals surface area contributed by atoms with Crippen molar-refractivity contribution < 1.29 is 19.1 Å². The van der Waals surface area contributed by atoms with Crippen molar-refractivity contribution in [3.05, 3.63) is 58.1 Å². The average Bonchev–Trinajstić information content (AvgIpc) is 2.57. The minimum Gasteiger partial charge on any atom is -0.463 e. The topological polar surface area (TPSA) is 52.6 Å². The minimum absolute atomic E-state index is 0.0525. The van der Waals surface area contributed by atoms with Gasteiger partial charge in [0.05, 0.1) is 13.0 Å². The quantitative estimate of drug-likeness (QED) is 0.640. The van der Waals surface area contributed by atoms with Crippen LogP contribution in [0.25, 0.3) is 11.1 Å². The molecule has 0 radical (unpaired) electrons. The van der Waals surface area contributed by atoms with Crippen LogP contribution < -0.4 is 0 Å². The maximum Gasteiger partial charge on any atom is 0.349 e. The normalized spacial score (nSPS) is 11.1. The highest BCUT2D eigenvalue weighted by Gasteiger charge is 2.33. The first-order valence-corrected chi connectivity index (χ1v) is 8.92. The number of halogens is 2. The Morgan fingerprint density at radius 3 is 2.23 bits per heavy atom. The van der Waals surface area contributed by atoms with Gasteiger partial charge in [0.15, 0.2) is 0 Å².